The summed E-state index contributed by atoms with van der Waals surface area (Å²) in [5, 5.41) is 33.6. The normalized spacial score (nSPS) is 43.8. The van der Waals surface area contributed by atoms with Gasteiger partial charge in [-0.15, -0.1) is 0 Å². The van der Waals surface area contributed by atoms with Gasteiger partial charge in [0.25, 0.3) is 0 Å². The van der Waals surface area contributed by atoms with E-state index >= 15 is 0 Å². The van der Waals surface area contributed by atoms with E-state index in [0.717, 1.165) is 69.0 Å². The lowest BCUT2D eigenvalue weighted by molar-refractivity contribution is -0.207. The van der Waals surface area contributed by atoms with Crippen LogP contribution in [0.15, 0.2) is 12.1 Å². The van der Waals surface area contributed by atoms with Gasteiger partial charge < -0.3 is 20.2 Å². The summed E-state index contributed by atoms with van der Waals surface area (Å²) >= 11 is 0. The van der Waals surface area contributed by atoms with Crippen molar-refractivity contribution in [2.75, 3.05) is 11.4 Å². The van der Waals surface area contributed by atoms with Crippen LogP contribution in [-0.2, 0) is 11.2 Å². The molecule has 4 saturated carbocycles. The molecular weight excluding hydrogens is 493 g/mol. The molecule has 0 radical (unpaired) electrons. The Morgan fingerprint density at radius 1 is 1.10 bits per heavy atom. The number of hydrogen-bond acceptors (Lipinski definition) is 4. The number of nitrogens with zero attached hydrogens (tertiary/aromatic N) is 1. The number of amides is 1. The van der Waals surface area contributed by atoms with E-state index in [0.29, 0.717) is 36.3 Å². The standard InChI is InChI=1S/C33H48FNO4/c1-18(5-8-30(39)35-12-10-20-13-19(2)26(34)17-27(20)35)23-6-7-24-31-25(16-29(38)33(23,24)4)32(3)11-9-22(36)14-21(32)15-28(31)37/h13,17-18,21-25,28-29,31,36-38H,5-12,14-16H2,1-4H3/t18-,21+,22-,23-,24+,25+,28-,29+,31+,32+,33-/m1/s1. The molecule has 1 amide bonds. The predicted octanol–water partition coefficient (Wildman–Crippen LogP) is 5.40. The number of carbonyl (C=O) groups is 1. The fraction of sp³-hybridized carbons (Fsp3) is 0.788. The average molecular weight is 542 g/mol. The van der Waals surface area contributed by atoms with Crippen molar-refractivity contribution in [1.29, 1.82) is 0 Å². The molecule has 0 aromatic heterocycles. The number of aliphatic hydroxyl groups excluding tert-OH is 3. The molecule has 1 heterocycles. The van der Waals surface area contributed by atoms with Crippen molar-refractivity contribution in [2.45, 2.75) is 110 Å². The van der Waals surface area contributed by atoms with Gasteiger partial charge in [0.2, 0.25) is 5.91 Å². The van der Waals surface area contributed by atoms with Crippen molar-refractivity contribution < 1.29 is 24.5 Å². The molecule has 39 heavy (non-hydrogen) atoms. The predicted molar refractivity (Wildman–Crippen MR) is 150 cm³/mol. The molecule has 0 saturated heterocycles. The minimum absolute atomic E-state index is 0.0639. The Morgan fingerprint density at radius 2 is 1.87 bits per heavy atom. The van der Waals surface area contributed by atoms with Gasteiger partial charge in [0.15, 0.2) is 0 Å². The molecule has 6 heteroatoms. The van der Waals surface area contributed by atoms with Crippen molar-refractivity contribution in [1.82, 2.24) is 0 Å². The molecule has 6 rings (SSSR count). The molecule has 3 N–H and O–H groups in total. The van der Waals surface area contributed by atoms with Crippen LogP contribution in [-0.4, -0.2) is 46.1 Å². The number of carbonyl (C=O) groups excluding carboxylic acids is 1. The van der Waals surface area contributed by atoms with Gasteiger partial charge in [-0.1, -0.05) is 26.8 Å². The molecule has 5 aliphatic rings. The minimum Gasteiger partial charge on any atom is -0.393 e. The molecular formula is C33H48FNO4. The smallest absolute Gasteiger partial charge is 0.227 e. The Kier molecular flexibility index (Phi) is 6.95. The summed E-state index contributed by atoms with van der Waals surface area (Å²) in [4.78, 5) is 15.0. The number of benzene rings is 1. The zero-order valence-electron chi connectivity index (χ0n) is 24.2. The van der Waals surface area contributed by atoms with Gasteiger partial charge in [-0.25, -0.2) is 4.39 Å². The third-order valence-corrected chi connectivity index (χ3v) is 12.9. The summed E-state index contributed by atoms with van der Waals surface area (Å²) in [6, 6.07) is 3.39. The zero-order valence-corrected chi connectivity index (χ0v) is 24.2. The Bertz CT molecular complexity index is 1130. The van der Waals surface area contributed by atoms with Crippen molar-refractivity contribution >= 4 is 11.6 Å². The van der Waals surface area contributed by atoms with E-state index in [4.69, 9.17) is 0 Å². The van der Waals surface area contributed by atoms with Crippen LogP contribution in [0.3, 0.4) is 0 Å². The van der Waals surface area contributed by atoms with Crippen LogP contribution in [0.1, 0.15) is 89.7 Å². The van der Waals surface area contributed by atoms with Crippen molar-refractivity contribution in [3.05, 3.63) is 29.1 Å². The van der Waals surface area contributed by atoms with Crippen LogP contribution in [0.5, 0.6) is 0 Å². The Balaban J connectivity index is 1.16. The van der Waals surface area contributed by atoms with Gasteiger partial charge in [-0.3, -0.25) is 4.79 Å². The summed E-state index contributed by atoms with van der Waals surface area (Å²) in [6.07, 6.45) is 7.04. The monoisotopic (exact) mass is 541 g/mol. The van der Waals surface area contributed by atoms with E-state index in [9.17, 15) is 24.5 Å². The fourth-order valence-corrected chi connectivity index (χ4v) is 10.6. The largest absolute Gasteiger partial charge is 0.393 e. The second-order valence-corrected chi connectivity index (χ2v) is 14.6. The van der Waals surface area contributed by atoms with Crippen LogP contribution >= 0.6 is 0 Å². The highest BCUT2D eigenvalue weighted by Gasteiger charge is 2.65. The zero-order chi connectivity index (χ0) is 27.9. The Labute approximate surface area is 233 Å². The number of anilines is 1. The van der Waals surface area contributed by atoms with Gasteiger partial charge in [0, 0.05) is 18.7 Å². The molecule has 216 valence electrons. The summed E-state index contributed by atoms with van der Waals surface area (Å²) in [7, 11) is 0. The van der Waals surface area contributed by atoms with Crippen molar-refractivity contribution in [2.24, 2.45) is 46.3 Å². The van der Waals surface area contributed by atoms with Gasteiger partial charge in [0.05, 0.1) is 18.3 Å². The number of hydrogen-bond donors (Lipinski definition) is 3. The Hall–Kier alpha value is -1.50. The van der Waals surface area contributed by atoms with Crippen LogP contribution in [0, 0.1) is 59.1 Å². The summed E-state index contributed by atoms with van der Waals surface area (Å²) in [6.45, 7) is 9.26. The van der Waals surface area contributed by atoms with Crippen LogP contribution in [0.4, 0.5) is 10.1 Å². The van der Waals surface area contributed by atoms with E-state index in [1.807, 2.05) is 6.07 Å². The van der Waals surface area contributed by atoms with Crippen molar-refractivity contribution in [3.63, 3.8) is 0 Å². The average Bonchev–Trinajstić information content (AvgIpc) is 3.46. The molecule has 4 fully saturated rings. The number of halogens is 1. The molecule has 1 aromatic carbocycles. The summed E-state index contributed by atoms with van der Waals surface area (Å²) in [5.41, 5.74) is 2.22. The first-order valence-corrected chi connectivity index (χ1v) is 15.6. The molecule has 4 aliphatic carbocycles. The minimum atomic E-state index is -0.416. The first kappa shape index (κ1) is 27.7. The maximum absolute atomic E-state index is 14.3. The van der Waals surface area contributed by atoms with Crippen molar-refractivity contribution in [3.8, 4) is 0 Å². The van der Waals surface area contributed by atoms with Crippen LogP contribution in [0.2, 0.25) is 0 Å². The third-order valence-electron chi connectivity index (χ3n) is 12.9. The molecule has 1 aliphatic heterocycles. The van der Waals surface area contributed by atoms with Gasteiger partial charge in [-0.05, 0) is 128 Å². The molecule has 0 spiro atoms. The second kappa shape index (κ2) is 9.80. The van der Waals surface area contributed by atoms with E-state index in [2.05, 4.69) is 20.8 Å². The SMILES string of the molecule is Cc1cc2c(cc1F)N(C(=O)CC[C@@H](C)[C@H]1CC[C@H]3[C@@H]4[C@H](O)C[C@@H]5C[C@H](O)CC[C@]5(C)[C@H]4C[C@H](O)[C@]13C)CC2. The highest BCUT2D eigenvalue weighted by atomic mass is 19.1. The van der Waals surface area contributed by atoms with Gasteiger partial charge in [-0.2, -0.15) is 0 Å². The lowest BCUT2D eigenvalue weighted by atomic mass is 9.43. The third kappa shape index (κ3) is 4.22. The molecule has 5 nitrogen and oxygen atoms in total. The first-order valence-electron chi connectivity index (χ1n) is 15.6. The lowest BCUT2D eigenvalue weighted by Gasteiger charge is -2.63. The molecule has 11 atom stereocenters. The topological polar surface area (TPSA) is 81.0 Å². The maximum atomic E-state index is 14.3. The second-order valence-electron chi connectivity index (χ2n) is 14.6. The summed E-state index contributed by atoms with van der Waals surface area (Å²) in [5.74, 6) is 1.49. The van der Waals surface area contributed by atoms with Crippen LogP contribution < -0.4 is 4.90 Å². The molecule has 0 unspecified atom stereocenters. The molecule has 0 bridgehead atoms. The van der Waals surface area contributed by atoms with E-state index in [1.165, 1.54) is 6.07 Å². The number of fused-ring (bicyclic) bond motifs is 6. The number of aliphatic hydroxyl groups is 3. The quantitative estimate of drug-likeness (QED) is 0.477. The Morgan fingerprint density at radius 3 is 2.64 bits per heavy atom. The van der Waals surface area contributed by atoms with E-state index in [-0.39, 0.29) is 52.5 Å². The molecule has 1 aromatic rings. The summed E-state index contributed by atoms with van der Waals surface area (Å²) < 4.78 is 14.3. The van der Waals surface area contributed by atoms with Gasteiger partial charge in [0.1, 0.15) is 5.82 Å². The van der Waals surface area contributed by atoms with E-state index < -0.39 is 6.10 Å². The highest BCUT2D eigenvalue weighted by Crippen LogP contribution is 2.68. The number of rotatable bonds is 4. The maximum Gasteiger partial charge on any atom is 0.227 e. The van der Waals surface area contributed by atoms with Crippen LogP contribution in [0.25, 0.3) is 0 Å². The van der Waals surface area contributed by atoms with Gasteiger partial charge >= 0.3 is 0 Å². The fourth-order valence-electron chi connectivity index (χ4n) is 10.6. The highest BCUT2D eigenvalue weighted by molar-refractivity contribution is 5.95. The number of aryl methyl sites for hydroxylation is 1. The lowest BCUT2D eigenvalue weighted by Crippen LogP contribution is -2.62. The first-order chi connectivity index (χ1) is 18.4. The van der Waals surface area contributed by atoms with E-state index in [1.54, 1.807) is 11.8 Å².